The molecule has 0 aliphatic heterocycles. The van der Waals surface area contributed by atoms with Gasteiger partial charge >= 0.3 is 0 Å². The highest BCUT2D eigenvalue weighted by Gasteiger charge is 2.16. The minimum Gasteiger partial charge on any atom is -0.310 e. The second kappa shape index (κ2) is 7.29. The topological polar surface area (TPSA) is 24.9 Å². The molecule has 1 aromatic heterocycles. The lowest BCUT2D eigenvalue weighted by Gasteiger charge is -2.19. The molecule has 0 saturated heterocycles. The van der Waals surface area contributed by atoms with Gasteiger partial charge in [0.25, 0.3) is 0 Å². The monoisotopic (exact) mass is 400 g/mol. The van der Waals surface area contributed by atoms with Gasteiger partial charge in [-0.3, -0.25) is 4.98 Å². The molecule has 1 heterocycles. The third-order valence-electron chi connectivity index (χ3n) is 3.01. The minimum atomic E-state index is -0.242. The molecule has 0 aliphatic rings. The maximum absolute atomic E-state index is 13.7. The van der Waals surface area contributed by atoms with E-state index in [2.05, 4.69) is 42.2 Å². The lowest BCUT2D eigenvalue weighted by atomic mass is 10.0. The Bertz CT molecular complexity index is 573. The molecule has 0 bridgehead atoms. The van der Waals surface area contributed by atoms with Crippen LogP contribution < -0.4 is 5.32 Å². The van der Waals surface area contributed by atoms with E-state index in [0.717, 1.165) is 22.3 Å². The molecule has 2 rings (SSSR count). The molecule has 1 N–H and O–H groups in total. The number of nitrogens with one attached hydrogen (secondary N) is 1. The van der Waals surface area contributed by atoms with Gasteiger partial charge in [0.1, 0.15) is 5.82 Å². The third-order valence-corrected chi connectivity index (χ3v) is 4.32. The summed E-state index contributed by atoms with van der Waals surface area (Å²) in [6, 6.07) is 9.08. The predicted octanol–water partition coefficient (Wildman–Crippen LogP) is 4.64. The average Bonchev–Trinajstić information content (AvgIpc) is 2.44. The highest BCUT2D eigenvalue weighted by Crippen LogP contribution is 2.28. The molecule has 0 spiro atoms. The number of rotatable bonds is 5. The van der Waals surface area contributed by atoms with Gasteiger partial charge < -0.3 is 5.32 Å². The zero-order chi connectivity index (χ0) is 14.5. The predicted molar refractivity (Wildman–Crippen MR) is 86.2 cm³/mol. The van der Waals surface area contributed by atoms with E-state index in [0.29, 0.717) is 10.9 Å². The molecule has 0 radical (unpaired) electrons. The lowest BCUT2D eigenvalue weighted by molar-refractivity contribution is 0.533. The van der Waals surface area contributed by atoms with Crippen LogP contribution in [0.15, 0.2) is 45.5 Å². The smallest absolute Gasteiger partial charge is 0.137 e. The summed E-state index contributed by atoms with van der Waals surface area (Å²) < 4.78 is 15.1. The second-order valence-electron chi connectivity index (χ2n) is 4.43. The Morgan fingerprint density at radius 3 is 2.70 bits per heavy atom. The van der Waals surface area contributed by atoms with Crippen LogP contribution in [0.1, 0.15) is 24.2 Å². The summed E-state index contributed by atoms with van der Waals surface area (Å²) in [5.41, 5.74) is 1.88. The van der Waals surface area contributed by atoms with E-state index >= 15 is 0 Å². The van der Waals surface area contributed by atoms with E-state index in [1.807, 2.05) is 25.1 Å². The number of nitrogens with zero attached hydrogens (tertiary/aromatic N) is 1. The first kappa shape index (κ1) is 15.6. The summed E-state index contributed by atoms with van der Waals surface area (Å²) >= 11 is 6.71. The van der Waals surface area contributed by atoms with Gasteiger partial charge in [-0.25, -0.2) is 4.39 Å². The number of pyridine rings is 1. The zero-order valence-electron chi connectivity index (χ0n) is 11.0. The second-order valence-corrected chi connectivity index (χ2v) is 6.13. The minimum absolute atomic E-state index is 0.0266. The van der Waals surface area contributed by atoms with Crippen molar-refractivity contribution in [2.75, 3.05) is 6.54 Å². The molecule has 0 aliphatic carbocycles. The van der Waals surface area contributed by atoms with E-state index in [1.165, 1.54) is 6.07 Å². The SMILES string of the molecule is CCNC(Cc1ccc(Br)cn1)c1cccc(F)c1Br. The summed E-state index contributed by atoms with van der Waals surface area (Å²) in [5, 5.41) is 3.38. The van der Waals surface area contributed by atoms with Crippen molar-refractivity contribution in [2.45, 2.75) is 19.4 Å². The molecule has 1 unspecified atom stereocenters. The van der Waals surface area contributed by atoms with Crippen molar-refractivity contribution in [3.05, 3.63) is 62.5 Å². The van der Waals surface area contributed by atoms with Gasteiger partial charge in [-0.2, -0.15) is 0 Å². The summed E-state index contributed by atoms with van der Waals surface area (Å²) in [6.07, 6.45) is 2.49. The normalized spacial score (nSPS) is 12.4. The number of halogens is 3. The van der Waals surface area contributed by atoms with Crippen molar-refractivity contribution in [1.29, 1.82) is 0 Å². The fourth-order valence-corrected chi connectivity index (χ4v) is 2.84. The number of hydrogen-bond acceptors (Lipinski definition) is 2. The van der Waals surface area contributed by atoms with Crippen LogP contribution >= 0.6 is 31.9 Å². The molecule has 2 aromatic rings. The fraction of sp³-hybridized carbons (Fsp3) is 0.267. The van der Waals surface area contributed by atoms with Crippen molar-refractivity contribution < 1.29 is 4.39 Å². The van der Waals surface area contributed by atoms with Crippen molar-refractivity contribution in [3.63, 3.8) is 0 Å². The largest absolute Gasteiger partial charge is 0.310 e. The van der Waals surface area contributed by atoms with E-state index in [-0.39, 0.29) is 11.9 Å². The number of benzene rings is 1. The van der Waals surface area contributed by atoms with E-state index < -0.39 is 0 Å². The number of likely N-dealkylation sites (N-methyl/N-ethyl adjacent to an activating group) is 1. The van der Waals surface area contributed by atoms with Gasteiger partial charge in [-0.05, 0) is 62.2 Å². The Morgan fingerprint density at radius 1 is 1.25 bits per heavy atom. The molecule has 20 heavy (non-hydrogen) atoms. The summed E-state index contributed by atoms with van der Waals surface area (Å²) in [7, 11) is 0. The fourth-order valence-electron chi connectivity index (χ4n) is 2.06. The van der Waals surface area contributed by atoms with Crippen LogP contribution in [0.5, 0.6) is 0 Å². The number of hydrogen-bond donors (Lipinski definition) is 1. The summed E-state index contributed by atoms with van der Waals surface area (Å²) in [5.74, 6) is -0.242. The van der Waals surface area contributed by atoms with Crippen LogP contribution in [0.2, 0.25) is 0 Å². The molecule has 0 fully saturated rings. The third kappa shape index (κ3) is 3.87. The molecule has 0 amide bonds. The van der Waals surface area contributed by atoms with Crippen LogP contribution in [0.3, 0.4) is 0 Å². The van der Waals surface area contributed by atoms with Crippen molar-refractivity contribution in [3.8, 4) is 0 Å². The zero-order valence-corrected chi connectivity index (χ0v) is 14.2. The first-order valence-electron chi connectivity index (χ1n) is 6.39. The molecule has 5 heteroatoms. The maximum atomic E-state index is 13.7. The summed E-state index contributed by atoms with van der Waals surface area (Å²) in [6.45, 7) is 2.85. The van der Waals surface area contributed by atoms with Crippen LogP contribution in [-0.4, -0.2) is 11.5 Å². The quantitative estimate of drug-likeness (QED) is 0.789. The Kier molecular flexibility index (Phi) is 5.69. The average molecular weight is 402 g/mol. The maximum Gasteiger partial charge on any atom is 0.137 e. The number of aromatic nitrogens is 1. The highest BCUT2D eigenvalue weighted by molar-refractivity contribution is 9.10. The lowest BCUT2D eigenvalue weighted by Crippen LogP contribution is -2.24. The van der Waals surface area contributed by atoms with Crippen LogP contribution in [0.4, 0.5) is 4.39 Å². The molecule has 0 saturated carbocycles. The van der Waals surface area contributed by atoms with Gasteiger partial charge in [0.15, 0.2) is 0 Å². The molecular weight excluding hydrogens is 387 g/mol. The Hall–Kier alpha value is -0.780. The van der Waals surface area contributed by atoms with Gasteiger partial charge in [-0.1, -0.05) is 19.1 Å². The molecule has 2 nitrogen and oxygen atoms in total. The van der Waals surface area contributed by atoms with Crippen LogP contribution in [-0.2, 0) is 6.42 Å². The Morgan fingerprint density at radius 2 is 2.05 bits per heavy atom. The standard InChI is InChI=1S/C15H15Br2FN2/c1-2-19-14(8-11-7-6-10(16)9-20-11)12-4-3-5-13(18)15(12)17/h3-7,9,14,19H,2,8H2,1H3. The first-order valence-corrected chi connectivity index (χ1v) is 7.98. The van der Waals surface area contributed by atoms with Crippen LogP contribution in [0, 0.1) is 5.82 Å². The molecular formula is C15H15Br2FN2. The molecule has 1 aromatic carbocycles. The van der Waals surface area contributed by atoms with E-state index in [4.69, 9.17) is 0 Å². The Labute approximate surface area is 135 Å². The molecule has 106 valence electrons. The van der Waals surface area contributed by atoms with Gasteiger partial charge in [0.05, 0.1) is 4.47 Å². The van der Waals surface area contributed by atoms with Crippen LogP contribution in [0.25, 0.3) is 0 Å². The van der Waals surface area contributed by atoms with Gasteiger partial charge in [0.2, 0.25) is 0 Å². The Balaban J connectivity index is 2.26. The van der Waals surface area contributed by atoms with Crippen molar-refractivity contribution in [1.82, 2.24) is 10.3 Å². The van der Waals surface area contributed by atoms with Gasteiger partial charge in [-0.15, -0.1) is 0 Å². The van der Waals surface area contributed by atoms with E-state index in [1.54, 1.807) is 12.3 Å². The first-order chi connectivity index (χ1) is 9.61. The van der Waals surface area contributed by atoms with Gasteiger partial charge in [0, 0.05) is 28.8 Å². The molecule has 1 atom stereocenters. The van der Waals surface area contributed by atoms with Crippen molar-refractivity contribution >= 4 is 31.9 Å². The van der Waals surface area contributed by atoms with E-state index in [9.17, 15) is 4.39 Å². The van der Waals surface area contributed by atoms with Crippen molar-refractivity contribution in [2.24, 2.45) is 0 Å². The summed E-state index contributed by atoms with van der Waals surface area (Å²) in [4.78, 5) is 4.38. The highest BCUT2D eigenvalue weighted by atomic mass is 79.9.